The second kappa shape index (κ2) is 12.4. The van der Waals surface area contributed by atoms with Crippen LogP contribution in [0.2, 0.25) is 0 Å². The fraction of sp³-hybridized carbons (Fsp3) is 0.500. The van der Waals surface area contributed by atoms with Crippen LogP contribution >= 0.6 is 0 Å². The number of nitrogens with zero attached hydrogens (tertiary/aromatic N) is 6. The lowest BCUT2D eigenvalue weighted by Crippen LogP contribution is -2.40. The van der Waals surface area contributed by atoms with Crippen LogP contribution in [0, 0.1) is 5.92 Å². The van der Waals surface area contributed by atoms with Gasteiger partial charge in [-0.25, -0.2) is 19.7 Å². The molecule has 0 N–H and O–H groups in total. The second-order valence-corrected chi connectivity index (χ2v) is 10.6. The van der Waals surface area contributed by atoms with Crippen LogP contribution in [-0.2, 0) is 29.1 Å². The van der Waals surface area contributed by atoms with Crippen molar-refractivity contribution in [3.8, 4) is 17.4 Å². The van der Waals surface area contributed by atoms with Crippen LogP contribution in [0.4, 0.5) is 0 Å². The summed E-state index contributed by atoms with van der Waals surface area (Å²) in [6.45, 7) is 4.49. The van der Waals surface area contributed by atoms with Crippen molar-refractivity contribution >= 4 is 11.2 Å². The summed E-state index contributed by atoms with van der Waals surface area (Å²) in [5.41, 5.74) is 1.33. The minimum absolute atomic E-state index is 0.214. The van der Waals surface area contributed by atoms with Crippen molar-refractivity contribution in [3.05, 3.63) is 69.1 Å². The highest BCUT2D eigenvalue weighted by Crippen LogP contribution is 2.32. The molecule has 1 atom stereocenters. The van der Waals surface area contributed by atoms with Crippen molar-refractivity contribution in [2.45, 2.75) is 71.4 Å². The molecule has 6 rings (SSSR count). The number of ether oxygens (including phenoxy) is 3. The first-order chi connectivity index (χ1) is 20.1. The molecule has 1 saturated heterocycles. The molecule has 1 aliphatic heterocycles. The maximum atomic E-state index is 14.0. The lowest BCUT2D eigenvalue weighted by atomic mass is 10.2. The van der Waals surface area contributed by atoms with E-state index >= 15 is 0 Å². The van der Waals surface area contributed by atoms with E-state index < -0.39 is 0 Å². The second-order valence-electron chi connectivity index (χ2n) is 10.6. The van der Waals surface area contributed by atoms with Crippen LogP contribution in [-0.4, -0.2) is 54.8 Å². The Labute approximate surface area is 237 Å². The number of fused-ring (bicyclic) bond motifs is 1. The van der Waals surface area contributed by atoms with E-state index in [9.17, 15) is 9.59 Å². The third-order valence-corrected chi connectivity index (χ3v) is 7.61. The van der Waals surface area contributed by atoms with Gasteiger partial charge in [-0.05, 0) is 56.9 Å². The summed E-state index contributed by atoms with van der Waals surface area (Å²) < 4.78 is 22.3. The van der Waals surface area contributed by atoms with E-state index in [4.69, 9.17) is 19.2 Å². The molecule has 1 saturated carbocycles. The molecular weight excluding hydrogens is 524 g/mol. The smallest absolute Gasteiger partial charge is 0.332 e. The molecule has 1 aromatic carbocycles. The molecule has 41 heavy (non-hydrogen) atoms. The highest BCUT2D eigenvalue weighted by molar-refractivity contribution is 5.77. The molecule has 11 nitrogen and oxygen atoms in total. The predicted molar refractivity (Wildman–Crippen MR) is 153 cm³/mol. The Morgan fingerprint density at radius 1 is 1.00 bits per heavy atom. The molecule has 4 heterocycles. The van der Waals surface area contributed by atoms with Crippen molar-refractivity contribution in [3.63, 3.8) is 0 Å². The summed E-state index contributed by atoms with van der Waals surface area (Å²) in [4.78, 5) is 41.5. The van der Waals surface area contributed by atoms with Gasteiger partial charge < -0.3 is 18.8 Å². The number of imidazole rings is 1. The van der Waals surface area contributed by atoms with E-state index in [1.54, 1.807) is 17.0 Å². The Hall–Kier alpha value is -3.83. The third-order valence-electron chi connectivity index (χ3n) is 7.61. The van der Waals surface area contributed by atoms with Crippen LogP contribution in [0.15, 0.2) is 52.3 Å². The Balaban J connectivity index is 1.41. The predicted octanol–water partition coefficient (Wildman–Crippen LogP) is 3.61. The summed E-state index contributed by atoms with van der Waals surface area (Å²) in [5.74, 6) is 1.34. The number of aromatic nitrogens is 6. The highest BCUT2D eigenvalue weighted by atomic mass is 16.7. The van der Waals surface area contributed by atoms with Gasteiger partial charge in [0.05, 0.1) is 13.2 Å². The van der Waals surface area contributed by atoms with E-state index in [0.717, 1.165) is 37.7 Å². The van der Waals surface area contributed by atoms with Gasteiger partial charge in [-0.3, -0.25) is 13.9 Å². The van der Waals surface area contributed by atoms with Crippen LogP contribution in [0.5, 0.6) is 5.88 Å². The number of aryl methyl sites for hydroxylation is 1. The average Bonchev–Trinajstić information content (AvgIpc) is 3.77. The summed E-state index contributed by atoms with van der Waals surface area (Å²) in [7, 11) is 0. The maximum Gasteiger partial charge on any atom is 0.332 e. The van der Waals surface area contributed by atoms with Gasteiger partial charge in [0.25, 0.3) is 5.56 Å². The fourth-order valence-electron chi connectivity index (χ4n) is 5.22. The van der Waals surface area contributed by atoms with Gasteiger partial charge in [0, 0.05) is 38.6 Å². The van der Waals surface area contributed by atoms with Gasteiger partial charge in [-0.1, -0.05) is 30.3 Å². The van der Waals surface area contributed by atoms with Crippen molar-refractivity contribution in [2.75, 3.05) is 19.8 Å². The Morgan fingerprint density at radius 2 is 1.83 bits per heavy atom. The van der Waals surface area contributed by atoms with Gasteiger partial charge in [0.15, 0.2) is 29.0 Å². The summed E-state index contributed by atoms with van der Waals surface area (Å²) in [5, 5.41) is 0. The largest absolute Gasteiger partial charge is 0.476 e. The minimum atomic E-state index is -0.390. The average molecular weight is 561 g/mol. The molecule has 0 spiro atoms. The first kappa shape index (κ1) is 27.3. The Morgan fingerprint density at radius 3 is 2.59 bits per heavy atom. The number of benzene rings is 1. The molecule has 3 aromatic heterocycles. The summed E-state index contributed by atoms with van der Waals surface area (Å²) in [6, 6.07) is 9.85. The van der Waals surface area contributed by atoms with E-state index in [1.165, 1.54) is 4.57 Å². The fourth-order valence-corrected chi connectivity index (χ4v) is 5.22. The van der Waals surface area contributed by atoms with Crippen molar-refractivity contribution in [1.29, 1.82) is 0 Å². The van der Waals surface area contributed by atoms with E-state index in [1.807, 2.05) is 41.8 Å². The van der Waals surface area contributed by atoms with Crippen LogP contribution < -0.4 is 16.0 Å². The van der Waals surface area contributed by atoms with Crippen molar-refractivity contribution in [1.82, 2.24) is 28.7 Å². The normalized spacial score (nSPS) is 17.2. The zero-order valence-corrected chi connectivity index (χ0v) is 23.4. The van der Waals surface area contributed by atoms with E-state index in [2.05, 4.69) is 9.97 Å². The molecule has 1 aliphatic carbocycles. The molecule has 0 amide bonds. The number of rotatable bonds is 12. The first-order valence-electron chi connectivity index (χ1n) is 14.6. The zero-order valence-electron chi connectivity index (χ0n) is 23.4. The molecule has 2 aliphatic rings. The lowest BCUT2D eigenvalue weighted by molar-refractivity contribution is -0.163. The Bertz CT molecular complexity index is 1600. The van der Waals surface area contributed by atoms with Crippen molar-refractivity contribution in [2.24, 2.45) is 5.92 Å². The maximum absolute atomic E-state index is 14.0. The van der Waals surface area contributed by atoms with Gasteiger partial charge in [0.2, 0.25) is 5.88 Å². The molecule has 0 radical (unpaired) electrons. The minimum Gasteiger partial charge on any atom is -0.476 e. The van der Waals surface area contributed by atoms with Gasteiger partial charge in [-0.15, -0.1) is 0 Å². The first-order valence-corrected chi connectivity index (χ1v) is 14.6. The zero-order chi connectivity index (χ0) is 28.2. The number of hydrogen-bond donors (Lipinski definition) is 0. The monoisotopic (exact) mass is 560 g/mol. The van der Waals surface area contributed by atoms with Crippen molar-refractivity contribution < 1.29 is 14.2 Å². The number of hydrogen-bond acceptors (Lipinski definition) is 8. The molecule has 216 valence electrons. The highest BCUT2D eigenvalue weighted by Gasteiger charge is 2.27. The van der Waals surface area contributed by atoms with Crippen LogP contribution in [0.25, 0.3) is 22.7 Å². The van der Waals surface area contributed by atoms with Crippen LogP contribution in [0.1, 0.15) is 51.0 Å². The topological polar surface area (TPSA) is 115 Å². The summed E-state index contributed by atoms with van der Waals surface area (Å²) >= 11 is 0. The SMILES string of the molecule is CCn1c(=O)n(CCCOC2CCCCO2)c(=O)c2c1nc(-c1nccnc1OCC1CC1)n2Cc1ccccc1. The molecule has 0 bridgehead atoms. The molecule has 11 heteroatoms. The lowest BCUT2D eigenvalue weighted by Gasteiger charge is -2.22. The van der Waals surface area contributed by atoms with Crippen LogP contribution in [0.3, 0.4) is 0 Å². The van der Waals surface area contributed by atoms with Gasteiger partial charge >= 0.3 is 5.69 Å². The quantitative estimate of drug-likeness (QED) is 0.242. The standard InChI is InChI=1S/C30H36N6O5/c1-2-34-27-25(29(37)35(30(34)38)16-8-18-40-23-11-6-7-17-39-23)36(19-21-9-4-3-5-10-21)26(33-27)24-28(32-15-14-31-24)41-20-22-12-13-22/h3-5,9-10,14-15,22-23H,2,6-8,11-13,16-20H2,1H3. The Kier molecular flexibility index (Phi) is 8.24. The van der Waals surface area contributed by atoms with Gasteiger partial charge in [0.1, 0.15) is 0 Å². The molecule has 2 fully saturated rings. The molecule has 1 unspecified atom stereocenters. The molecular formula is C30H36N6O5. The van der Waals surface area contributed by atoms with Gasteiger partial charge in [-0.2, -0.15) is 0 Å². The van der Waals surface area contributed by atoms with E-state index in [-0.39, 0.29) is 24.1 Å². The molecule has 4 aromatic rings. The summed E-state index contributed by atoms with van der Waals surface area (Å²) in [6.07, 6.45) is 8.75. The van der Waals surface area contributed by atoms with E-state index in [0.29, 0.717) is 73.8 Å². The third kappa shape index (κ3) is 5.96.